The van der Waals surface area contributed by atoms with Crippen LogP contribution < -0.4 is 4.74 Å². The fourth-order valence-corrected chi connectivity index (χ4v) is 3.45. The van der Waals surface area contributed by atoms with Crippen LogP contribution in [0.2, 0.25) is 0 Å². The van der Waals surface area contributed by atoms with E-state index in [4.69, 9.17) is 9.47 Å². The fourth-order valence-electron chi connectivity index (χ4n) is 3.45. The van der Waals surface area contributed by atoms with E-state index >= 15 is 0 Å². The van der Waals surface area contributed by atoms with E-state index in [0.717, 1.165) is 5.56 Å². The summed E-state index contributed by atoms with van der Waals surface area (Å²) in [5, 5.41) is 10.9. The van der Waals surface area contributed by atoms with Crippen LogP contribution in [0.15, 0.2) is 67.0 Å². The molecule has 0 amide bonds. The molecule has 0 unspecified atom stereocenters. The van der Waals surface area contributed by atoms with Gasteiger partial charge in [0.05, 0.1) is 41.1 Å². The van der Waals surface area contributed by atoms with E-state index in [1.54, 1.807) is 32.2 Å². The molecule has 2 aromatic carbocycles. The molecule has 0 N–H and O–H groups in total. The van der Waals surface area contributed by atoms with Gasteiger partial charge in [-0.15, -0.1) is 0 Å². The lowest BCUT2D eigenvalue weighted by atomic mass is 10.1. The molecule has 166 valence electrons. The molecule has 4 aromatic rings. The number of carbonyl (C=O) groups excluding carboxylic acids is 2. The second-order valence-electron chi connectivity index (χ2n) is 7.05. The van der Waals surface area contributed by atoms with E-state index < -0.39 is 16.7 Å². The lowest BCUT2D eigenvalue weighted by Crippen LogP contribution is -2.06. The van der Waals surface area contributed by atoms with Crippen LogP contribution >= 0.6 is 0 Å². The third-order valence-corrected chi connectivity index (χ3v) is 5.12. The van der Waals surface area contributed by atoms with Crippen molar-refractivity contribution in [2.75, 3.05) is 13.7 Å². The van der Waals surface area contributed by atoms with Crippen molar-refractivity contribution < 1.29 is 24.0 Å². The molecule has 0 spiro atoms. The highest BCUT2D eigenvalue weighted by molar-refractivity contribution is 6.11. The lowest BCUT2D eigenvalue weighted by molar-refractivity contribution is -0.384. The van der Waals surface area contributed by atoms with E-state index in [2.05, 4.69) is 4.98 Å². The van der Waals surface area contributed by atoms with Crippen LogP contribution in [-0.4, -0.2) is 39.8 Å². The highest BCUT2D eigenvalue weighted by Gasteiger charge is 2.23. The molecule has 2 heterocycles. The summed E-state index contributed by atoms with van der Waals surface area (Å²) in [6.45, 7) is 1.88. The summed E-state index contributed by atoms with van der Waals surface area (Å²) in [4.78, 5) is 40.6. The summed E-state index contributed by atoms with van der Waals surface area (Å²) in [6, 6.07) is 15.7. The molecule has 0 aliphatic carbocycles. The van der Waals surface area contributed by atoms with Gasteiger partial charge in [0.15, 0.2) is 0 Å². The van der Waals surface area contributed by atoms with Crippen LogP contribution in [-0.2, 0) is 4.74 Å². The Kier molecular flexibility index (Phi) is 5.86. The van der Waals surface area contributed by atoms with Crippen molar-refractivity contribution in [3.63, 3.8) is 0 Å². The largest absolute Gasteiger partial charge is 0.497 e. The van der Waals surface area contributed by atoms with Gasteiger partial charge in [0, 0.05) is 23.3 Å². The summed E-state index contributed by atoms with van der Waals surface area (Å²) < 4.78 is 11.9. The number of methoxy groups -OCH3 is 1. The molecule has 0 radical (unpaired) electrons. The lowest BCUT2D eigenvalue weighted by Gasteiger charge is -2.07. The van der Waals surface area contributed by atoms with E-state index in [1.807, 2.05) is 12.1 Å². The van der Waals surface area contributed by atoms with Crippen LogP contribution in [0, 0.1) is 10.1 Å². The summed E-state index contributed by atoms with van der Waals surface area (Å²) in [5.41, 5.74) is 2.40. The Morgan fingerprint density at radius 3 is 2.36 bits per heavy atom. The smallest absolute Gasteiger partial charge is 0.340 e. The first-order chi connectivity index (χ1) is 15.9. The minimum Gasteiger partial charge on any atom is -0.497 e. The average Bonchev–Trinajstić information content (AvgIpc) is 3.23. The number of nitro benzene ring substituents is 1. The molecule has 0 atom stereocenters. The number of esters is 1. The number of ketones is 1. The molecule has 9 nitrogen and oxygen atoms in total. The Morgan fingerprint density at radius 2 is 1.76 bits per heavy atom. The third kappa shape index (κ3) is 4.16. The summed E-state index contributed by atoms with van der Waals surface area (Å²) in [5.74, 6) is -0.273. The Labute approximate surface area is 188 Å². The molecule has 0 bridgehead atoms. The average molecular weight is 445 g/mol. The Morgan fingerprint density at radius 1 is 1.06 bits per heavy atom. The van der Waals surface area contributed by atoms with Crippen molar-refractivity contribution in [1.82, 2.24) is 9.38 Å². The third-order valence-electron chi connectivity index (χ3n) is 5.12. The van der Waals surface area contributed by atoms with Gasteiger partial charge in [-0.2, -0.15) is 0 Å². The monoisotopic (exact) mass is 445 g/mol. The zero-order chi connectivity index (χ0) is 23.5. The van der Waals surface area contributed by atoms with Gasteiger partial charge in [0.25, 0.3) is 5.69 Å². The first kappa shape index (κ1) is 21.7. The number of non-ortho nitro benzene ring substituents is 1. The number of fused-ring (bicyclic) bond motifs is 1. The first-order valence-electron chi connectivity index (χ1n) is 10.0. The highest BCUT2D eigenvalue weighted by Crippen LogP contribution is 2.26. The molecule has 33 heavy (non-hydrogen) atoms. The standard InChI is InChI=1S/C24H19N3O6/c1-3-33-24(29)19-12-22(23(28)16-4-8-17(9-5-16)27(30)31)26-14-25-20(13-21(19)26)15-6-10-18(32-2)11-7-15/h4-14H,3H2,1-2H3. The number of benzene rings is 2. The van der Waals surface area contributed by atoms with Gasteiger partial charge in [-0.05, 0) is 55.5 Å². The predicted molar refractivity (Wildman–Crippen MR) is 120 cm³/mol. The van der Waals surface area contributed by atoms with Crippen LogP contribution in [0.3, 0.4) is 0 Å². The maximum absolute atomic E-state index is 13.2. The predicted octanol–water partition coefficient (Wildman–Crippen LogP) is 4.33. The van der Waals surface area contributed by atoms with Gasteiger partial charge >= 0.3 is 5.97 Å². The van der Waals surface area contributed by atoms with Crippen LogP contribution in [0.25, 0.3) is 16.8 Å². The van der Waals surface area contributed by atoms with E-state index in [1.165, 1.54) is 41.1 Å². The van der Waals surface area contributed by atoms with Crippen LogP contribution in [0.4, 0.5) is 5.69 Å². The van der Waals surface area contributed by atoms with Gasteiger partial charge in [-0.25, -0.2) is 9.78 Å². The number of hydrogen-bond acceptors (Lipinski definition) is 7. The molecular formula is C24H19N3O6. The number of rotatable bonds is 7. The molecule has 0 aliphatic rings. The van der Waals surface area contributed by atoms with Gasteiger partial charge in [0.2, 0.25) is 5.78 Å². The topological polar surface area (TPSA) is 113 Å². The Bertz CT molecular complexity index is 1360. The molecule has 0 fully saturated rings. The van der Waals surface area contributed by atoms with Crippen LogP contribution in [0.5, 0.6) is 5.75 Å². The van der Waals surface area contributed by atoms with Crippen molar-refractivity contribution in [2.45, 2.75) is 6.92 Å². The second kappa shape index (κ2) is 8.91. The van der Waals surface area contributed by atoms with Crippen molar-refractivity contribution in [3.05, 3.63) is 93.9 Å². The molecule has 0 aliphatic heterocycles. The quantitative estimate of drug-likeness (QED) is 0.180. The summed E-state index contributed by atoms with van der Waals surface area (Å²) >= 11 is 0. The summed E-state index contributed by atoms with van der Waals surface area (Å²) in [6.07, 6.45) is 1.47. The van der Waals surface area contributed by atoms with Crippen molar-refractivity contribution in [2.24, 2.45) is 0 Å². The number of aromatic nitrogens is 2. The van der Waals surface area contributed by atoms with Crippen molar-refractivity contribution >= 4 is 23.0 Å². The Hall–Kier alpha value is -4.53. The fraction of sp³-hybridized carbons (Fsp3) is 0.125. The van der Waals surface area contributed by atoms with Crippen molar-refractivity contribution in [1.29, 1.82) is 0 Å². The van der Waals surface area contributed by atoms with Gasteiger partial charge in [0.1, 0.15) is 12.1 Å². The molecular weight excluding hydrogens is 426 g/mol. The molecule has 4 rings (SSSR count). The van der Waals surface area contributed by atoms with Crippen molar-refractivity contribution in [3.8, 4) is 17.0 Å². The number of carbonyl (C=O) groups is 2. The molecule has 2 aromatic heterocycles. The van der Waals surface area contributed by atoms with E-state index in [-0.39, 0.29) is 29.1 Å². The van der Waals surface area contributed by atoms with Crippen LogP contribution in [0.1, 0.15) is 33.3 Å². The number of nitro groups is 1. The van der Waals surface area contributed by atoms with E-state index in [9.17, 15) is 19.7 Å². The minimum absolute atomic E-state index is 0.121. The second-order valence-corrected chi connectivity index (χ2v) is 7.05. The Balaban J connectivity index is 1.82. The summed E-state index contributed by atoms with van der Waals surface area (Å²) in [7, 11) is 1.58. The molecule has 0 saturated heterocycles. The molecule has 9 heteroatoms. The van der Waals surface area contributed by atoms with Gasteiger partial charge < -0.3 is 9.47 Å². The molecule has 0 saturated carbocycles. The first-order valence-corrected chi connectivity index (χ1v) is 10.0. The SMILES string of the molecule is CCOC(=O)c1cc(C(=O)c2ccc([N+](=O)[O-])cc2)n2cnc(-c3ccc(OC)cc3)cc12. The maximum Gasteiger partial charge on any atom is 0.340 e. The van der Waals surface area contributed by atoms with E-state index in [0.29, 0.717) is 17.0 Å². The number of ether oxygens (including phenoxy) is 2. The van der Waals surface area contributed by atoms with Gasteiger partial charge in [-0.1, -0.05) is 0 Å². The highest BCUT2D eigenvalue weighted by atomic mass is 16.6. The number of nitrogens with zero attached hydrogens (tertiary/aromatic N) is 3. The maximum atomic E-state index is 13.2. The minimum atomic E-state index is -0.565. The number of hydrogen-bond donors (Lipinski definition) is 0. The zero-order valence-electron chi connectivity index (χ0n) is 17.8. The normalized spacial score (nSPS) is 10.7. The zero-order valence-corrected chi connectivity index (χ0v) is 17.8. The van der Waals surface area contributed by atoms with Gasteiger partial charge in [-0.3, -0.25) is 19.3 Å².